The van der Waals surface area contributed by atoms with Crippen LogP contribution in [0, 0.1) is 0 Å². The number of ether oxygens (including phenoxy) is 3. The Kier molecular flexibility index (Phi) is 18.3. The highest BCUT2D eigenvalue weighted by atomic mass is 16.6. The maximum atomic E-state index is 13.3. The first-order chi connectivity index (χ1) is 20.7. The molecule has 0 aromatic carbocycles. The number of esters is 3. The third kappa shape index (κ3) is 15.7. The number of hydrogen-bond donors (Lipinski definition) is 4. The molecule has 4 N–H and O–H groups in total. The number of hydrogen-bond acceptors (Lipinski definition) is 11. The molecular weight excluding hydrogens is 580 g/mol. The van der Waals surface area contributed by atoms with Crippen molar-refractivity contribution >= 4 is 35.8 Å². The number of allylic oxidation sites excluding steroid dienone is 1. The predicted octanol–water partition coefficient (Wildman–Crippen LogP) is 0.235. The highest BCUT2D eigenvalue weighted by Crippen LogP contribution is 2.16. The molecule has 246 valence electrons. The van der Waals surface area contributed by atoms with Crippen LogP contribution in [-0.2, 0) is 33.4 Å². The summed E-state index contributed by atoms with van der Waals surface area (Å²) in [5, 5.41) is 24.5. The summed E-state index contributed by atoms with van der Waals surface area (Å²) in [7, 11) is 0. The first-order valence-corrected chi connectivity index (χ1v) is 13.6. The average Bonchev–Trinajstić information content (AvgIpc) is 3.01. The van der Waals surface area contributed by atoms with E-state index in [1.54, 1.807) is 6.92 Å². The molecule has 0 spiro atoms. The third-order valence-electron chi connectivity index (χ3n) is 6.02. The fourth-order valence-electron chi connectivity index (χ4n) is 3.44. The van der Waals surface area contributed by atoms with Gasteiger partial charge in [-0.3, -0.25) is 4.79 Å². The lowest BCUT2D eigenvalue weighted by Gasteiger charge is -2.35. The van der Waals surface area contributed by atoms with Gasteiger partial charge in [0.1, 0.15) is 25.4 Å². The number of amides is 4. The summed E-state index contributed by atoms with van der Waals surface area (Å²) in [5.74, 6) is -2.58. The fraction of sp³-hybridized carbons (Fsp3) is 0.517. The lowest BCUT2D eigenvalue weighted by molar-refractivity contribution is -0.144. The molecule has 0 saturated carbocycles. The van der Waals surface area contributed by atoms with E-state index >= 15 is 0 Å². The average molecular weight is 625 g/mol. The quantitative estimate of drug-likeness (QED) is 0.0730. The van der Waals surface area contributed by atoms with Gasteiger partial charge in [0.25, 0.3) is 0 Å². The Balaban J connectivity index is 5.78. The monoisotopic (exact) mass is 624 g/mol. The van der Waals surface area contributed by atoms with Crippen LogP contribution in [0.1, 0.15) is 26.7 Å². The molecule has 1 unspecified atom stereocenters. The zero-order valence-corrected chi connectivity index (χ0v) is 25.4. The molecule has 0 radical (unpaired) electrons. The molecular formula is C29H44N4O11. The van der Waals surface area contributed by atoms with Crippen molar-refractivity contribution in [2.45, 2.75) is 37.8 Å². The number of urea groups is 2. The summed E-state index contributed by atoms with van der Waals surface area (Å²) < 4.78 is 15.2. The van der Waals surface area contributed by atoms with Crippen molar-refractivity contribution in [1.29, 1.82) is 0 Å². The van der Waals surface area contributed by atoms with Crippen molar-refractivity contribution in [2.75, 3.05) is 59.2 Å². The summed E-state index contributed by atoms with van der Waals surface area (Å²) >= 11 is 0. The molecule has 0 aromatic rings. The molecule has 0 heterocycles. The van der Waals surface area contributed by atoms with Crippen LogP contribution < -0.4 is 10.6 Å². The SMILES string of the molecule is C=CC(=O)CCC(C)(COC(=O)C=C)NC(=O)N(CCO)CCN(CCO)C(=O)NC(C)(COC(=O)C=C)COC(=O)C=C. The fourth-order valence-corrected chi connectivity index (χ4v) is 3.44. The lowest BCUT2D eigenvalue weighted by Crippen LogP contribution is -2.59. The molecule has 15 nitrogen and oxygen atoms in total. The molecule has 1 atom stereocenters. The van der Waals surface area contributed by atoms with Gasteiger partial charge in [0, 0.05) is 50.8 Å². The van der Waals surface area contributed by atoms with E-state index in [4.69, 9.17) is 14.2 Å². The molecule has 0 bridgehead atoms. The Hall–Kier alpha value is -4.50. The number of carbonyl (C=O) groups excluding carboxylic acids is 6. The van der Waals surface area contributed by atoms with Crippen molar-refractivity contribution < 1.29 is 53.2 Å². The Bertz CT molecular complexity index is 930. The van der Waals surface area contributed by atoms with Crippen molar-refractivity contribution in [2.24, 2.45) is 0 Å². The van der Waals surface area contributed by atoms with E-state index in [9.17, 15) is 39.0 Å². The van der Waals surface area contributed by atoms with Crippen LogP contribution in [0.3, 0.4) is 0 Å². The van der Waals surface area contributed by atoms with Crippen molar-refractivity contribution in [1.82, 2.24) is 20.4 Å². The Morgan fingerprint density at radius 3 is 1.34 bits per heavy atom. The molecule has 0 fully saturated rings. The van der Waals surface area contributed by atoms with Gasteiger partial charge < -0.3 is 44.9 Å². The van der Waals surface area contributed by atoms with E-state index in [2.05, 4.69) is 36.9 Å². The van der Waals surface area contributed by atoms with Gasteiger partial charge in [0.05, 0.1) is 18.8 Å². The summed E-state index contributed by atoms with van der Waals surface area (Å²) in [6.45, 7) is 13.8. The highest BCUT2D eigenvalue weighted by Gasteiger charge is 2.33. The largest absolute Gasteiger partial charge is 0.460 e. The Morgan fingerprint density at radius 1 is 0.636 bits per heavy atom. The maximum Gasteiger partial charge on any atom is 0.330 e. The second-order valence-electron chi connectivity index (χ2n) is 10.0. The molecule has 0 aliphatic rings. The molecule has 15 heteroatoms. The minimum absolute atomic E-state index is 0.000637. The van der Waals surface area contributed by atoms with E-state index in [0.29, 0.717) is 0 Å². The summed E-state index contributed by atoms with van der Waals surface area (Å²) in [6.07, 6.45) is 4.01. The number of aliphatic hydroxyl groups excluding tert-OH is 2. The van der Waals surface area contributed by atoms with Crippen molar-refractivity contribution in [3.63, 3.8) is 0 Å². The predicted molar refractivity (Wildman–Crippen MR) is 159 cm³/mol. The Morgan fingerprint density at radius 2 is 1.00 bits per heavy atom. The van der Waals surface area contributed by atoms with Gasteiger partial charge in [0.2, 0.25) is 0 Å². The lowest BCUT2D eigenvalue weighted by atomic mass is 9.95. The van der Waals surface area contributed by atoms with Crippen molar-refractivity contribution in [3.05, 3.63) is 50.6 Å². The number of rotatable bonds is 22. The van der Waals surface area contributed by atoms with Crippen LogP contribution in [-0.4, -0.2) is 126 Å². The number of nitrogens with one attached hydrogen (secondary N) is 2. The molecule has 0 rings (SSSR count). The first kappa shape index (κ1) is 39.5. The summed E-state index contributed by atoms with van der Waals surface area (Å²) in [4.78, 5) is 75.6. The second kappa shape index (κ2) is 20.4. The molecule has 0 aliphatic carbocycles. The van der Waals surface area contributed by atoms with Crippen LogP contribution in [0.2, 0.25) is 0 Å². The van der Waals surface area contributed by atoms with E-state index in [-0.39, 0.29) is 51.4 Å². The molecule has 0 aromatic heterocycles. The van der Waals surface area contributed by atoms with E-state index < -0.39 is 67.5 Å². The normalized spacial score (nSPS) is 11.9. The van der Waals surface area contributed by atoms with Gasteiger partial charge in [0.15, 0.2) is 5.78 Å². The molecule has 4 amide bonds. The van der Waals surface area contributed by atoms with Crippen LogP contribution in [0.25, 0.3) is 0 Å². The zero-order valence-electron chi connectivity index (χ0n) is 25.4. The van der Waals surface area contributed by atoms with E-state index in [1.165, 1.54) is 11.8 Å². The molecule has 0 aliphatic heterocycles. The number of ketones is 1. The van der Waals surface area contributed by atoms with Gasteiger partial charge in [-0.15, -0.1) is 0 Å². The van der Waals surface area contributed by atoms with E-state index in [0.717, 1.165) is 29.2 Å². The first-order valence-electron chi connectivity index (χ1n) is 13.6. The summed E-state index contributed by atoms with van der Waals surface area (Å²) in [6, 6.07) is -1.44. The number of nitrogens with zero attached hydrogens (tertiary/aromatic N) is 2. The minimum atomic E-state index is -1.40. The highest BCUT2D eigenvalue weighted by molar-refractivity contribution is 5.89. The summed E-state index contributed by atoms with van der Waals surface area (Å²) in [5.41, 5.74) is -2.60. The van der Waals surface area contributed by atoms with E-state index in [1.807, 2.05) is 0 Å². The van der Waals surface area contributed by atoms with Crippen LogP contribution in [0.4, 0.5) is 9.59 Å². The maximum absolute atomic E-state index is 13.3. The zero-order chi connectivity index (χ0) is 33.8. The standard InChI is InChI=1S/C29H44N4O11/c1-7-22(36)11-12-28(5,19-42-23(37)8-2)30-26(40)32(15-17-34)13-14-33(16-18-35)27(41)31-29(6,20-43-24(38)9-3)21-44-25(39)10-4/h7-10,34-35H,1-4,11-21H2,5-6H3,(H,30,40)(H,31,41). The van der Waals surface area contributed by atoms with Crippen LogP contribution in [0.15, 0.2) is 50.6 Å². The van der Waals surface area contributed by atoms with Crippen LogP contribution >= 0.6 is 0 Å². The molecule has 44 heavy (non-hydrogen) atoms. The van der Waals surface area contributed by atoms with Crippen molar-refractivity contribution in [3.8, 4) is 0 Å². The van der Waals surface area contributed by atoms with Gasteiger partial charge >= 0.3 is 30.0 Å². The van der Waals surface area contributed by atoms with Gasteiger partial charge in [-0.2, -0.15) is 0 Å². The Labute approximate surface area is 257 Å². The number of carbonyl (C=O) groups is 6. The van der Waals surface area contributed by atoms with Crippen LogP contribution in [0.5, 0.6) is 0 Å². The smallest absolute Gasteiger partial charge is 0.330 e. The minimum Gasteiger partial charge on any atom is -0.460 e. The molecule has 0 saturated heterocycles. The third-order valence-corrected chi connectivity index (χ3v) is 6.02. The number of aliphatic hydroxyl groups is 2. The van der Waals surface area contributed by atoms with Gasteiger partial charge in [-0.25, -0.2) is 24.0 Å². The van der Waals surface area contributed by atoms with Gasteiger partial charge in [-0.05, 0) is 26.3 Å². The van der Waals surface area contributed by atoms with Gasteiger partial charge in [-0.1, -0.05) is 26.3 Å². The topological polar surface area (TPSA) is 201 Å². The second-order valence-corrected chi connectivity index (χ2v) is 10.0.